The molecule has 1 aliphatic rings. The molecule has 2 amide bonds. The number of benzene rings is 4. The Bertz CT molecular complexity index is 1730. The Hall–Kier alpha value is -4.55. The molecular weight excluding hydrogens is 600 g/mol. The zero-order valence-electron chi connectivity index (χ0n) is 25.5. The van der Waals surface area contributed by atoms with E-state index in [2.05, 4.69) is 50.4 Å². The minimum Gasteiger partial charge on any atom is -0.392 e. The molecule has 1 aliphatic heterocycles. The van der Waals surface area contributed by atoms with Gasteiger partial charge in [-0.25, -0.2) is 4.79 Å². The molecule has 0 unspecified atom stereocenters. The van der Waals surface area contributed by atoms with Gasteiger partial charge in [-0.1, -0.05) is 90.6 Å². The van der Waals surface area contributed by atoms with Crippen LogP contribution in [-0.2, 0) is 22.6 Å². The van der Waals surface area contributed by atoms with Gasteiger partial charge in [0.05, 0.1) is 24.5 Å². The zero-order valence-corrected chi connectivity index (χ0v) is 26.3. The second kappa shape index (κ2) is 15.2. The number of nitrogens with zero attached hydrogens (tertiary/aromatic N) is 4. The van der Waals surface area contributed by atoms with E-state index in [4.69, 9.17) is 9.47 Å². The number of tetrazole rings is 1. The number of urea groups is 1. The molecule has 0 saturated carbocycles. The number of carbonyl (C=O) groups is 1. The molecule has 0 aliphatic carbocycles. The molecule has 6 rings (SSSR count). The van der Waals surface area contributed by atoms with Crippen LogP contribution >= 0.6 is 11.8 Å². The van der Waals surface area contributed by atoms with E-state index in [1.165, 1.54) is 0 Å². The fourth-order valence-electron chi connectivity index (χ4n) is 5.32. The van der Waals surface area contributed by atoms with Crippen LogP contribution in [0.2, 0.25) is 0 Å². The minimum atomic E-state index is -0.602. The van der Waals surface area contributed by atoms with Crippen LogP contribution in [0.3, 0.4) is 0 Å². The van der Waals surface area contributed by atoms with E-state index in [-0.39, 0.29) is 24.8 Å². The normalized spacial score (nSPS) is 17.8. The lowest BCUT2D eigenvalue weighted by Gasteiger charge is -2.36. The smallest absolute Gasteiger partial charge is 0.315 e. The highest BCUT2D eigenvalue weighted by atomic mass is 32.2. The number of hydrogen-bond acceptors (Lipinski definition) is 8. The Morgan fingerprint density at radius 2 is 1.67 bits per heavy atom. The Balaban J connectivity index is 1.22. The van der Waals surface area contributed by atoms with Crippen LogP contribution in [-0.4, -0.2) is 49.7 Å². The third-order valence-electron chi connectivity index (χ3n) is 7.66. The largest absolute Gasteiger partial charge is 0.392 e. The number of carbonyl (C=O) groups excluding carboxylic acids is 1. The fraction of sp³-hybridized carbons (Fsp3) is 0.257. The van der Waals surface area contributed by atoms with Gasteiger partial charge in [0.2, 0.25) is 5.16 Å². The quantitative estimate of drug-likeness (QED) is 0.151. The van der Waals surface area contributed by atoms with E-state index in [9.17, 15) is 9.90 Å². The molecule has 0 spiro atoms. The molecule has 3 N–H and O–H groups in total. The van der Waals surface area contributed by atoms with Gasteiger partial charge in [-0.3, -0.25) is 0 Å². The summed E-state index contributed by atoms with van der Waals surface area (Å²) < 4.78 is 14.9. The van der Waals surface area contributed by atoms with Crippen molar-refractivity contribution >= 4 is 17.8 Å². The number of amides is 2. The number of nitrogens with one attached hydrogen (secondary N) is 2. The van der Waals surface area contributed by atoms with Crippen molar-refractivity contribution in [1.82, 2.24) is 30.8 Å². The lowest BCUT2D eigenvalue weighted by atomic mass is 9.99. The summed E-state index contributed by atoms with van der Waals surface area (Å²) in [5.41, 5.74) is 6.73. The summed E-state index contributed by atoms with van der Waals surface area (Å²) in [6.45, 7) is 2.88. The Kier molecular flexibility index (Phi) is 10.4. The number of aliphatic hydroxyl groups excluding tert-OH is 1. The van der Waals surface area contributed by atoms with Crippen molar-refractivity contribution in [3.63, 3.8) is 0 Å². The molecule has 2 heterocycles. The maximum absolute atomic E-state index is 11.9. The van der Waals surface area contributed by atoms with Crippen molar-refractivity contribution < 1.29 is 19.4 Å². The molecule has 1 aromatic heterocycles. The molecule has 3 atom stereocenters. The van der Waals surface area contributed by atoms with E-state index in [1.54, 1.807) is 16.4 Å². The predicted molar refractivity (Wildman–Crippen MR) is 176 cm³/mol. The van der Waals surface area contributed by atoms with Crippen LogP contribution < -0.4 is 10.6 Å². The van der Waals surface area contributed by atoms with Crippen LogP contribution in [0.4, 0.5) is 4.79 Å². The van der Waals surface area contributed by atoms with E-state index in [1.807, 2.05) is 85.8 Å². The standard InChI is InChI=1S/C35H36N6O4S/c1-2-36-34(43)37-21-25-8-6-9-27(18-25)28-10-7-11-29(19-28)33-44-31(20-32(45-33)26-16-14-24(22-42)15-17-26)23-46-35-38-39-40-41(35)30-12-4-3-5-13-30/h3-19,31-33,42H,2,20-23H2,1H3,(H2,36,37,43)/t31-,32+,33+/m0/s1. The number of aliphatic hydroxyl groups is 1. The topological polar surface area (TPSA) is 123 Å². The molecule has 0 bridgehead atoms. The average Bonchev–Trinajstić information content (AvgIpc) is 3.59. The van der Waals surface area contributed by atoms with Crippen molar-refractivity contribution in [2.45, 2.75) is 50.2 Å². The Morgan fingerprint density at radius 1 is 0.891 bits per heavy atom. The van der Waals surface area contributed by atoms with Crippen molar-refractivity contribution in [2.24, 2.45) is 0 Å². The first kappa shape index (κ1) is 31.4. The van der Waals surface area contributed by atoms with Gasteiger partial charge in [0.25, 0.3) is 0 Å². The Labute approximate surface area is 272 Å². The van der Waals surface area contributed by atoms with Crippen LogP contribution in [0.1, 0.15) is 48.0 Å². The highest BCUT2D eigenvalue weighted by Gasteiger charge is 2.33. The van der Waals surface area contributed by atoms with E-state index >= 15 is 0 Å². The number of hydrogen-bond donors (Lipinski definition) is 3. The lowest BCUT2D eigenvalue weighted by molar-refractivity contribution is -0.245. The second-order valence-corrected chi connectivity index (χ2v) is 11.9. The third-order valence-corrected chi connectivity index (χ3v) is 8.72. The highest BCUT2D eigenvalue weighted by Crippen LogP contribution is 2.40. The maximum Gasteiger partial charge on any atom is 0.315 e. The van der Waals surface area contributed by atoms with Gasteiger partial charge in [0.1, 0.15) is 0 Å². The SMILES string of the molecule is CCNC(=O)NCc1cccc(-c2cccc([C@@H]3O[C@H](CSc4nnnn4-c4ccccc4)C[C@H](c4ccc(CO)cc4)O3)c2)c1. The molecule has 1 fully saturated rings. The van der Waals surface area contributed by atoms with Gasteiger partial charge in [0.15, 0.2) is 6.29 Å². The van der Waals surface area contributed by atoms with Gasteiger partial charge in [0, 0.05) is 30.8 Å². The predicted octanol–water partition coefficient (Wildman–Crippen LogP) is 5.98. The molecule has 10 nitrogen and oxygen atoms in total. The molecule has 5 aromatic rings. The molecule has 4 aromatic carbocycles. The average molecular weight is 637 g/mol. The first-order valence-corrected chi connectivity index (χ1v) is 16.3. The van der Waals surface area contributed by atoms with E-state index in [0.29, 0.717) is 30.4 Å². The molecule has 1 saturated heterocycles. The van der Waals surface area contributed by atoms with Gasteiger partial charge >= 0.3 is 6.03 Å². The van der Waals surface area contributed by atoms with E-state index in [0.717, 1.165) is 39.1 Å². The summed E-state index contributed by atoms with van der Waals surface area (Å²) in [7, 11) is 0. The first-order valence-electron chi connectivity index (χ1n) is 15.3. The summed E-state index contributed by atoms with van der Waals surface area (Å²) in [6.07, 6.45) is -0.321. The third kappa shape index (κ3) is 7.80. The first-order chi connectivity index (χ1) is 22.6. The number of para-hydroxylation sites is 1. The summed E-state index contributed by atoms with van der Waals surface area (Å²) in [5, 5.41) is 28.2. The van der Waals surface area contributed by atoms with E-state index < -0.39 is 6.29 Å². The number of aromatic nitrogens is 4. The number of rotatable bonds is 11. The van der Waals surface area contributed by atoms with Crippen LogP contribution in [0, 0.1) is 0 Å². The molecule has 0 radical (unpaired) electrons. The van der Waals surface area contributed by atoms with Gasteiger partial charge < -0.3 is 25.2 Å². The summed E-state index contributed by atoms with van der Waals surface area (Å²) in [5.74, 6) is 0.624. The van der Waals surface area contributed by atoms with Gasteiger partial charge in [-0.05, 0) is 69.4 Å². The fourth-order valence-corrected chi connectivity index (χ4v) is 6.23. The lowest BCUT2D eigenvalue weighted by Crippen LogP contribution is -2.34. The van der Waals surface area contributed by atoms with Crippen LogP contribution in [0.25, 0.3) is 16.8 Å². The second-order valence-electron chi connectivity index (χ2n) is 10.9. The van der Waals surface area contributed by atoms with Gasteiger partial charge in [-0.2, -0.15) is 4.68 Å². The van der Waals surface area contributed by atoms with Crippen LogP contribution in [0.5, 0.6) is 0 Å². The number of ether oxygens (including phenoxy) is 2. The molecule has 11 heteroatoms. The molecular formula is C35H36N6O4S. The van der Waals surface area contributed by atoms with Crippen molar-refractivity contribution in [3.8, 4) is 16.8 Å². The monoisotopic (exact) mass is 636 g/mol. The Morgan fingerprint density at radius 3 is 2.46 bits per heavy atom. The molecule has 46 heavy (non-hydrogen) atoms. The van der Waals surface area contributed by atoms with Crippen molar-refractivity contribution in [2.75, 3.05) is 12.3 Å². The minimum absolute atomic E-state index is 0.0110. The molecule has 236 valence electrons. The summed E-state index contributed by atoms with van der Waals surface area (Å²) >= 11 is 1.55. The van der Waals surface area contributed by atoms with Crippen LogP contribution in [0.15, 0.2) is 108 Å². The maximum atomic E-state index is 11.9. The van der Waals surface area contributed by atoms with Crippen molar-refractivity contribution in [1.29, 1.82) is 0 Å². The van der Waals surface area contributed by atoms with Gasteiger partial charge in [-0.15, -0.1) is 5.10 Å². The highest BCUT2D eigenvalue weighted by molar-refractivity contribution is 7.99. The zero-order chi connectivity index (χ0) is 31.7. The number of thioether (sulfide) groups is 1. The summed E-state index contributed by atoms with van der Waals surface area (Å²) in [6, 6.07) is 33.8. The summed E-state index contributed by atoms with van der Waals surface area (Å²) in [4.78, 5) is 11.9. The van der Waals surface area contributed by atoms with Crippen molar-refractivity contribution in [3.05, 3.63) is 125 Å².